The standard InChI is InChI=1S/C17H23N5O3S/c1-2-10-19-26(24,25)13-8-6-12(7-9-13)20-17(23)18-11-16-14-4-3-5-15(14)21-22-16/h6-9,19H,2-5,10-11H2,1H3,(H,21,22)(H2,18,20,23). The van der Waals surface area contributed by atoms with Crippen LogP contribution in [0.3, 0.4) is 0 Å². The summed E-state index contributed by atoms with van der Waals surface area (Å²) in [5.74, 6) is 0. The molecule has 1 aliphatic carbocycles. The van der Waals surface area contributed by atoms with Crippen molar-refractivity contribution in [3.63, 3.8) is 0 Å². The highest BCUT2D eigenvalue weighted by Gasteiger charge is 2.18. The maximum absolute atomic E-state index is 12.0. The Balaban J connectivity index is 1.54. The molecule has 0 unspecified atom stereocenters. The maximum atomic E-state index is 12.0. The van der Waals surface area contributed by atoms with E-state index >= 15 is 0 Å². The number of aromatic amines is 1. The van der Waals surface area contributed by atoms with Crippen molar-refractivity contribution < 1.29 is 13.2 Å². The molecular weight excluding hydrogens is 354 g/mol. The number of H-pyrrole nitrogens is 1. The highest BCUT2D eigenvalue weighted by atomic mass is 32.2. The molecule has 0 aliphatic heterocycles. The Labute approximate surface area is 152 Å². The first-order valence-electron chi connectivity index (χ1n) is 8.69. The molecule has 140 valence electrons. The second kappa shape index (κ2) is 7.88. The molecule has 8 nitrogen and oxygen atoms in total. The Kier molecular flexibility index (Phi) is 5.58. The molecule has 3 rings (SSSR count). The second-order valence-corrected chi connectivity index (χ2v) is 7.98. The zero-order valence-corrected chi connectivity index (χ0v) is 15.4. The van der Waals surface area contributed by atoms with Gasteiger partial charge in [-0.3, -0.25) is 5.10 Å². The van der Waals surface area contributed by atoms with E-state index in [-0.39, 0.29) is 10.9 Å². The van der Waals surface area contributed by atoms with E-state index in [0.717, 1.165) is 37.1 Å². The summed E-state index contributed by atoms with van der Waals surface area (Å²) in [5, 5.41) is 12.7. The number of benzene rings is 1. The van der Waals surface area contributed by atoms with Crippen molar-refractivity contribution in [3.8, 4) is 0 Å². The average molecular weight is 377 g/mol. The van der Waals surface area contributed by atoms with Gasteiger partial charge in [-0.1, -0.05) is 6.92 Å². The van der Waals surface area contributed by atoms with Crippen LogP contribution < -0.4 is 15.4 Å². The largest absolute Gasteiger partial charge is 0.332 e. The van der Waals surface area contributed by atoms with E-state index in [9.17, 15) is 13.2 Å². The lowest BCUT2D eigenvalue weighted by molar-refractivity contribution is 0.251. The van der Waals surface area contributed by atoms with Crippen LogP contribution >= 0.6 is 0 Å². The topological polar surface area (TPSA) is 116 Å². The predicted octanol–water partition coefficient (Wildman–Crippen LogP) is 1.91. The summed E-state index contributed by atoms with van der Waals surface area (Å²) in [5.41, 5.74) is 3.76. The van der Waals surface area contributed by atoms with Crippen molar-refractivity contribution in [2.45, 2.75) is 44.0 Å². The third-order valence-corrected chi connectivity index (χ3v) is 5.75. The number of sulfonamides is 1. The Morgan fingerprint density at radius 3 is 2.73 bits per heavy atom. The number of rotatable bonds is 7. The normalized spacial score (nSPS) is 13.4. The fraction of sp³-hybridized carbons (Fsp3) is 0.412. The van der Waals surface area contributed by atoms with Crippen LogP contribution in [0, 0.1) is 0 Å². The number of fused-ring (bicyclic) bond motifs is 1. The summed E-state index contributed by atoms with van der Waals surface area (Å²) in [4.78, 5) is 12.2. The van der Waals surface area contributed by atoms with Crippen molar-refractivity contribution >= 4 is 21.7 Å². The van der Waals surface area contributed by atoms with E-state index < -0.39 is 10.0 Å². The fourth-order valence-corrected chi connectivity index (χ4v) is 4.04. The molecule has 9 heteroatoms. The van der Waals surface area contributed by atoms with E-state index in [0.29, 0.717) is 18.8 Å². The SMILES string of the molecule is CCCNS(=O)(=O)c1ccc(NC(=O)NCc2n[nH]c3c2CCC3)cc1. The Hall–Kier alpha value is -2.39. The zero-order valence-electron chi connectivity index (χ0n) is 14.6. The minimum absolute atomic E-state index is 0.170. The van der Waals surface area contributed by atoms with Crippen molar-refractivity contribution in [3.05, 3.63) is 41.2 Å². The van der Waals surface area contributed by atoms with Crippen LogP contribution in [0.2, 0.25) is 0 Å². The molecule has 4 N–H and O–H groups in total. The van der Waals surface area contributed by atoms with Gasteiger partial charge in [-0.15, -0.1) is 0 Å². The third kappa shape index (κ3) is 4.23. The van der Waals surface area contributed by atoms with E-state index in [4.69, 9.17) is 0 Å². The number of amides is 2. The first-order valence-corrected chi connectivity index (χ1v) is 10.2. The van der Waals surface area contributed by atoms with Crippen LogP contribution in [0.25, 0.3) is 0 Å². The van der Waals surface area contributed by atoms with Crippen molar-refractivity contribution in [2.24, 2.45) is 0 Å². The number of carbonyl (C=O) groups is 1. The Bertz CT molecular complexity index is 874. The summed E-state index contributed by atoms with van der Waals surface area (Å²) in [7, 11) is -3.50. The van der Waals surface area contributed by atoms with E-state index in [1.54, 1.807) is 12.1 Å². The smallest absolute Gasteiger partial charge is 0.319 e. The highest BCUT2D eigenvalue weighted by Crippen LogP contribution is 2.22. The molecule has 26 heavy (non-hydrogen) atoms. The van der Waals surface area contributed by atoms with Crippen LogP contribution in [0.15, 0.2) is 29.2 Å². The minimum Gasteiger partial charge on any atom is -0.332 e. The molecule has 2 aromatic rings. The number of anilines is 1. The van der Waals surface area contributed by atoms with Gasteiger partial charge in [-0.05, 0) is 55.5 Å². The molecular formula is C17H23N5O3S. The number of hydrogen-bond acceptors (Lipinski definition) is 4. The molecule has 0 spiro atoms. The number of aromatic nitrogens is 2. The number of aryl methyl sites for hydroxylation is 1. The Morgan fingerprint density at radius 1 is 1.23 bits per heavy atom. The van der Waals surface area contributed by atoms with Crippen LogP contribution in [0.4, 0.5) is 10.5 Å². The minimum atomic E-state index is -3.50. The van der Waals surface area contributed by atoms with Crippen molar-refractivity contribution in [2.75, 3.05) is 11.9 Å². The Morgan fingerprint density at radius 2 is 2.00 bits per heavy atom. The van der Waals surface area contributed by atoms with Gasteiger partial charge in [0.25, 0.3) is 0 Å². The molecule has 1 aromatic carbocycles. The van der Waals surface area contributed by atoms with E-state index in [2.05, 4.69) is 25.6 Å². The monoisotopic (exact) mass is 377 g/mol. The second-order valence-electron chi connectivity index (χ2n) is 6.21. The van der Waals surface area contributed by atoms with Gasteiger partial charge in [-0.25, -0.2) is 17.9 Å². The van der Waals surface area contributed by atoms with Crippen LogP contribution in [-0.2, 0) is 29.4 Å². The third-order valence-electron chi connectivity index (χ3n) is 4.27. The van der Waals surface area contributed by atoms with Gasteiger partial charge in [0, 0.05) is 17.9 Å². The van der Waals surface area contributed by atoms with Gasteiger partial charge in [-0.2, -0.15) is 5.10 Å². The van der Waals surface area contributed by atoms with Gasteiger partial charge >= 0.3 is 6.03 Å². The summed E-state index contributed by atoms with van der Waals surface area (Å²) in [6, 6.07) is 5.69. The zero-order chi connectivity index (χ0) is 18.6. The molecule has 0 atom stereocenters. The van der Waals surface area contributed by atoms with E-state index in [1.807, 2.05) is 6.92 Å². The summed E-state index contributed by atoms with van der Waals surface area (Å²) in [6.45, 7) is 2.64. The molecule has 1 heterocycles. The number of nitrogens with one attached hydrogen (secondary N) is 4. The number of urea groups is 1. The van der Waals surface area contributed by atoms with E-state index in [1.165, 1.54) is 17.7 Å². The first-order chi connectivity index (χ1) is 12.5. The molecule has 0 saturated heterocycles. The lowest BCUT2D eigenvalue weighted by atomic mass is 10.2. The molecule has 2 amide bonds. The lowest BCUT2D eigenvalue weighted by Gasteiger charge is -2.09. The fourth-order valence-electron chi connectivity index (χ4n) is 2.91. The molecule has 0 bridgehead atoms. The maximum Gasteiger partial charge on any atom is 0.319 e. The molecule has 1 aromatic heterocycles. The predicted molar refractivity (Wildman–Crippen MR) is 98.4 cm³/mol. The molecule has 0 fully saturated rings. The summed E-state index contributed by atoms with van der Waals surface area (Å²) in [6.07, 6.45) is 3.84. The van der Waals surface area contributed by atoms with Crippen LogP contribution in [0.1, 0.15) is 36.7 Å². The summed E-state index contributed by atoms with van der Waals surface area (Å²) < 4.78 is 26.6. The van der Waals surface area contributed by atoms with Gasteiger partial charge < -0.3 is 10.6 Å². The quantitative estimate of drug-likeness (QED) is 0.590. The number of hydrogen-bond donors (Lipinski definition) is 4. The number of carbonyl (C=O) groups excluding carboxylic acids is 1. The first kappa shape index (κ1) is 18.4. The molecule has 0 radical (unpaired) electrons. The van der Waals surface area contributed by atoms with Crippen molar-refractivity contribution in [1.82, 2.24) is 20.2 Å². The van der Waals surface area contributed by atoms with Gasteiger partial charge in [0.05, 0.1) is 17.1 Å². The average Bonchev–Trinajstić information content (AvgIpc) is 3.23. The van der Waals surface area contributed by atoms with Crippen LogP contribution in [0.5, 0.6) is 0 Å². The van der Waals surface area contributed by atoms with Gasteiger partial charge in [0.2, 0.25) is 10.0 Å². The molecule has 0 saturated carbocycles. The summed E-state index contributed by atoms with van der Waals surface area (Å²) >= 11 is 0. The van der Waals surface area contributed by atoms with Crippen LogP contribution in [-0.4, -0.2) is 31.2 Å². The van der Waals surface area contributed by atoms with Gasteiger partial charge in [0.15, 0.2) is 0 Å². The number of nitrogens with zero attached hydrogens (tertiary/aromatic N) is 1. The highest BCUT2D eigenvalue weighted by molar-refractivity contribution is 7.89. The lowest BCUT2D eigenvalue weighted by Crippen LogP contribution is -2.28. The van der Waals surface area contributed by atoms with Gasteiger partial charge in [0.1, 0.15) is 0 Å². The van der Waals surface area contributed by atoms with Crippen molar-refractivity contribution in [1.29, 1.82) is 0 Å². The molecule has 1 aliphatic rings.